The number of aryl methyl sites for hydroxylation is 1. The van der Waals surface area contributed by atoms with Gasteiger partial charge in [0.05, 0.1) is 6.33 Å². The van der Waals surface area contributed by atoms with Gasteiger partial charge in [-0.05, 0) is 0 Å². The largest absolute Gasteiger partial charge is 0.352 e. The van der Waals surface area contributed by atoms with Gasteiger partial charge in [0.15, 0.2) is 0 Å². The van der Waals surface area contributed by atoms with E-state index in [2.05, 4.69) is 4.98 Å². The molecule has 0 aromatic carbocycles. The molecule has 0 saturated carbocycles. The van der Waals surface area contributed by atoms with Crippen LogP contribution in [0.1, 0.15) is 0 Å². The van der Waals surface area contributed by atoms with Crippen molar-refractivity contribution in [2.24, 2.45) is 7.05 Å². The van der Waals surface area contributed by atoms with Crippen molar-refractivity contribution in [3.05, 3.63) is 11.5 Å². The molecule has 11 heavy (non-hydrogen) atoms. The molecule has 0 atom stereocenters. The quantitative estimate of drug-likeness (QED) is 0.626. The van der Waals surface area contributed by atoms with Crippen LogP contribution in [0.25, 0.3) is 0 Å². The second kappa shape index (κ2) is 2.46. The van der Waals surface area contributed by atoms with E-state index >= 15 is 0 Å². The molecular formula is C4H4ClFN2O2S. The summed E-state index contributed by atoms with van der Waals surface area (Å²) in [5.74, 6) is 0. The molecule has 0 N–H and O–H groups in total. The molecule has 62 valence electrons. The second-order valence-electron chi connectivity index (χ2n) is 1.89. The SMILES string of the molecule is Cn1cnc(S(=O)(=O)F)c1Cl. The maximum absolute atomic E-state index is 12.2. The van der Waals surface area contributed by atoms with Gasteiger partial charge in [0.25, 0.3) is 0 Å². The Morgan fingerprint density at radius 2 is 2.27 bits per heavy atom. The predicted octanol–water partition coefficient (Wildman–Crippen LogP) is 0.732. The molecule has 0 bridgehead atoms. The molecule has 0 aliphatic carbocycles. The Kier molecular flexibility index (Phi) is 1.89. The molecular weight excluding hydrogens is 195 g/mol. The Bertz CT molecular complexity index is 371. The van der Waals surface area contributed by atoms with Crippen molar-refractivity contribution in [3.63, 3.8) is 0 Å². The second-order valence-corrected chi connectivity index (χ2v) is 3.51. The summed E-state index contributed by atoms with van der Waals surface area (Å²) in [7, 11) is -3.31. The number of halogens is 2. The lowest BCUT2D eigenvalue weighted by Gasteiger charge is -1.90. The van der Waals surface area contributed by atoms with E-state index < -0.39 is 15.2 Å². The first-order valence-corrected chi connectivity index (χ1v) is 4.30. The van der Waals surface area contributed by atoms with Crippen LogP contribution in [0.5, 0.6) is 0 Å². The standard InChI is InChI=1S/C4H4ClFN2O2S/c1-8-2-7-4(3(8)5)11(6,9)10/h2H,1H3. The monoisotopic (exact) mass is 198 g/mol. The number of rotatable bonds is 1. The van der Waals surface area contributed by atoms with E-state index in [0.717, 1.165) is 6.33 Å². The van der Waals surface area contributed by atoms with Gasteiger partial charge in [-0.3, -0.25) is 0 Å². The van der Waals surface area contributed by atoms with E-state index in [-0.39, 0.29) is 5.15 Å². The average Bonchev–Trinajstić information content (AvgIpc) is 2.11. The zero-order chi connectivity index (χ0) is 8.65. The fourth-order valence-corrected chi connectivity index (χ4v) is 1.44. The summed E-state index contributed by atoms with van der Waals surface area (Å²) < 4.78 is 33.9. The van der Waals surface area contributed by atoms with Crippen LogP contribution in [0.2, 0.25) is 5.15 Å². The molecule has 1 aromatic rings. The van der Waals surface area contributed by atoms with Crippen LogP contribution in [0.4, 0.5) is 3.89 Å². The maximum Gasteiger partial charge on any atom is 0.352 e. The van der Waals surface area contributed by atoms with Gasteiger partial charge in [0.2, 0.25) is 5.03 Å². The summed E-state index contributed by atoms with van der Waals surface area (Å²) in [6.07, 6.45) is 1.12. The highest BCUT2D eigenvalue weighted by Gasteiger charge is 2.20. The first kappa shape index (κ1) is 8.48. The third-order valence-electron chi connectivity index (χ3n) is 1.07. The molecule has 0 spiro atoms. The lowest BCUT2D eigenvalue weighted by atomic mass is 10.9. The lowest BCUT2D eigenvalue weighted by molar-refractivity contribution is 0.548. The Balaban J connectivity index is 3.38. The Morgan fingerprint density at radius 3 is 2.45 bits per heavy atom. The summed E-state index contributed by atoms with van der Waals surface area (Å²) in [5.41, 5.74) is 0. The van der Waals surface area contributed by atoms with Crippen LogP contribution in [-0.2, 0) is 17.3 Å². The predicted molar refractivity (Wildman–Crippen MR) is 36.5 cm³/mol. The molecule has 1 rings (SSSR count). The van der Waals surface area contributed by atoms with Crippen LogP contribution >= 0.6 is 11.6 Å². The van der Waals surface area contributed by atoms with Gasteiger partial charge in [-0.1, -0.05) is 15.5 Å². The van der Waals surface area contributed by atoms with Gasteiger partial charge in [-0.15, -0.1) is 0 Å². The number of hydrogen-bond donors (Lipinski definition) is 0. The molecule has 0 radical (unpaired) electrons. The Morgan fingerprint density at radius 1 is 1.73 bits per heavy atom. The summed E-state index contributed by atoms with van der Waals surface area (Å²) in [5, 5.41) is -0.964. The third-order valence-corrected chi connectivity index (χ3v) is 2.38. The van der Waals surface area contributed by atoms with Gasteiger partial charge in [0, 0.05) is 7.05 Å². The van der Waals surface area contributed by atoms with Gasteiger partial charge in [-0.2, -0.15) is 8.42 Å². The minimum absolute atomic E-state index is 0.229. The topological polar surface area (TPSA) is 52.0 Å². The highest BCUT2D eigenvalue weighted by Crippen LogP contribution is 2.19. The normalized spacial score (nSPS) is 11.9. The Hall–Kier alpha value is -0.620. The number of aromatic nitrogens is 2. The van der Waals surface area contributed by atoms with E-state index in [1.54, 1.807) is 0 Å². The van der Waals surface area contributed by atoms with E-state index in [1.165, 1.54) is 11.6 Å². The van der Waals surface area contributed by atoms with Gasteiger partial charge in [-0.25, -0.2) is 4.98 Å². The number of nitrogens with zero attached hydrogens (tertiary/aromatic N) is 2. The first-order valence-electron chi connectivity index (χ1n) is 2.54. The summed E-state index contributed by atoms with van der Waals surface area (Å²) in [4.78, 5) is 3.25. The molecule has 0 saturated heterocycles. The van der Waals surface area contributed by atoms with Crippen molar-refractivity contribution in [3.8, 4) is 0 Å². The average molecular weight is 199 g/mol. The highest BCUT2D eigenvalue weighted by molar-refractivity contribution is 7.86. The fraction of sp³-hybridized carbons (Fsp3) is 0.250. The van der Waals surface area contributed by atoms with Crippen LogP contribution in [0, 0.1) is 0 Å². The van der Waals surface area contributed by atoms with Gasteiger partial charge in [0.1, 0.15) is 5.15 Å². The minimum Gasteiger partial charge on any atom is -0.324 e. The van der Waals surface area contributed by atoms with Crippen LogP contribution in [-0.4, -0.2) is 18.0 Å². The smallest absolute Gasteiger partial charge is 0.324 e. The number of hydrogen-bond acceptors (Lipinski definition) is 3. The summed E-state index contributed by atoms with van der Waals surface area (Å²) in [6, 6.07) is 0. The molecule has 0 aliphatic heterocycles. The molecule has 1 heterocycles. The molecule has 7 heteroatoms. The van der Waals surface area contributed by atoms with Crippen LogP contribution in [0.15, 0.2) is 11.4 Å². The van der Waals surface area contributed by atoms with Crippen LogP contribution in [0.3, 0.4) is 0 Å². The highest BCUT2D eigenvalue weighted by atomic mass is 35.5. The zero-order valence-electron chi connectivity index (χ0n) is 5.45. The van der Waals surface area contributed by atoms with Crippen molar-refractivity contribution in [1.82, 2.24) is 9.55 Å². The van der Waals surface area contributed by atoms with Gasteiger partial charge < -0.3 is 4.57 Å². The summed E-state index contributed by atoms with van der Waals surface area (Å²) >= 11 is 5.37. The van der Waals surface area contributed by atoms with Crippen LogP contribution < -0.4 is 0 Å². The summed E-state index contributed by atoms with van der Waals surface area (Å²) in [6.45, 7) is 0. The molecule has 4 nitrogen and oxygen atoms in total. The first-order chi connectivity index (χ1) is 4.93. The fourth-order valence-electron chi connectivity index (χ4n) is 0.557. The van der Waals surface area contributed by atoms with E-state index in [9.17, 15) is 12.3 Å². The third kappa shape index (κ3) is 1.51. The molecule has 0 unspecified atom stereocenters. The molecule has 0 aliphatic rings. The zero-order valence-corrected chi connectivity index (χ0v) is 7.02. The van der Waals surface area contributed by atoms with E-state index in [0.29, 0.717) is 0 Å². The molecule has 1 aromatic heterocycles. The van der Waals surface area contributed by atoms with Crippen molar-refractivity contribution in [1.29, 1.82) is 0 Å². The van der Waals surface area contributed by atoms with E-state index in [1.807, 2.05) is 0 Å². The maximum atomic E-state index is 12.2. The molecule has 0 amide bonds. The van der Waals surface area contributed by atoms with Crippen molar-refractivity contribution < 1.29 is 12.3 Å². The van der Waals surface area contributed by atoms with Crippen molar-refractivity contribution in [2.75, 3.05) is 0 Å². The Labute approximate surface area is 67.8 Å². The molecule has 0 fully saturated rings. The lowest BCUT2D eigenvalue weighted by Crippen LogP contribution is -1.93. The number of imidazole rings is 1. The van der Waals surface area contributed by atoms with Crippen molar-refractivity contribution >= 4 is 21.8 Å². The van der Waals surface area contributed by atoms with Crippen molar-refractivity contribution in [2.45, 2.75) is 5.03 Å². The van der Waals surface area contributed by atoms with Gasteiger partial charge >= 0.3 is 10.2 Å². The van der Waals surface area contributed by atoms with E-state index in [4.69, 9.17) is 11.6 Å². The minimum atomic E-state index is -4.78.